The van der Waals surface area contributed by atoms with Crippen LogP contribution in [0.15, 0.2) is 46.7 Å². The molecule has 0 fully saturated rings. The molecule has 1 heterocycles. The Labute approximate surface area is 110 Å². The summed E-state index contributed by atoms with van der Waals surface area (Å²) in [6, 6.07) is 5.04. The number of rotatable bonds is 4. The van der Waals surface area contributed by atoms with Gasteiger partial charge in [0.05, 0.1) is 11.1 Å². The van der Waals surface area contributed by atoms with E-state index < -0.39 is 0 Å². The van der Waals surface area contributed by atoms with Crippen molar-refractivity contribution in [2.75, 3.05) is 0 Å². The Kier molecular flexibility index (Phi) is 4.28. The second kappa shape index (κ2) is 5.93. The molecule has 3 nitrogen and oxygen atoms in total. The first kappa shape index (κ1) is 13.0. The average molecular weight is 263 g/mol. The maximum absolute atomic E-state index is 13.9. The van der Waals surface area contributed by atoms with Crippen LogP contribution in [-0.2, 0) is 6.42 Å². The molecule has 0 aliphatic heterocycles. The second-order valence-corrected chi connectivity index (χ2v) is 5.09. The molecule has 1 atom stereocenters. The number of nitrogens with zero attached hydrogens (tertiary/aromatic N) is 2. The normalized spacial score (nSPS) is 12.4. The molecule has 0 bridgehead atoms. The predicted octanol–water partition coefficient (Wildman–Crippen LogP) is 2.66. The molecule has 94 valence electrons. The summed E-state index contributed by atoms with van der Waals surface area (Å²) in [6.07, 6.45) is 5.44. The van der Waals surface area contributed by atoms with Gasteiger partial charge in [0.2, 0.25) is 0 Å². The topological polar surface area (TPSA) is 51.8 Å². The van der Waals surface area contributed by atoms with E-state index in [9.17, 15) is 4.39 Å². The van der Waals surface area contributed by atoms with Crippen LogP contribution in [0.3, 0.4) is 0 Å². The molecule has 0 aliphatic rings. The summed E-state index contributed by atoms with van der Waals surface area (Å²) in [5.74, 6) is -0.246. The third-order valence-corrected chi connectivity index (χ3v) is 3.42. The van der Waals surface area contributed by atoms with E-state index in [0.29, 0.717) is 16.3 Å². The quantitative estimate of drug-likeness (QED) is 0.921. The molecule has 18 heavy (non-hydrogen) atoms. The fraction of sp³-hybridized carbons (Fsp3) is 0.231. The van der Waals surface area contributed by atoms with E-state index in [-0.39, 0.29) is 11.9 Å². The summed E-state index contributed by atoms with van der Waals surface area (Å²) in [6.45, 7) is 1.90. The third kappa shape index (κ3) is 3.27. The number of hydrogen-bond acceptors (Lipinski definition) is 4. The molecule has 0 saturated carbocycles. The van der Waals surface area contributed by atoms with Gasteiger partial charge in [0, 0.05) is 18.4 Å². The zero-order chi connectivity index (χ0) is 13.0. The molecule has 0 amide bonds. The first-order valence-corrected chi connectivity index (χ1v) is 6.45. The number of aromatic nitrogens is 2. The van der Waals surface area contributed by atoms with E-state index >= 15 is 0 Å². The molecule has 2 rings (SSSR count). The Bertz CT molecular complexity index is 517. The van der Waals surface area contributed by atoms with E-state index in [2.05, 4.69) is 9.97 Å². The summed E-state index contributed by atoms with van der Waals surface area (Å²) in [7, 11) is 0. The van der Waals surface area contributed by atoms with Gasteiger partial charge >= 0.3 is 0 Å². The van der Waals surface area contributed by atoms with Crippen molar-refractivity contribution >= 4 is 11.8 Å². The summed E-state index contributed by atoms with van der Waals surface area (Å²) >= 11 is 1.28. The standard InChI is InChI=1S/C13H14FN3S/c1-9(15)7-10-3-2-4-11(14)13(10)18-12-8-16-5-6-17-12/h2-6,8-9H,7,15H2,1H3. The van der Waals surface area contributed by atoms with E-state index in [0.717, 1.165) is 5.56 Å². The van der Waals surface area contributed by atoms with Crippen molar-refractivity contribution in [1.29, 1.82) is 0 Å². The highest BCUT2D eigenvalue weighted by atomic mass is 32.2. The molecule has 0 spiro atoms. The van der Waals surface area contributed by atoms with E-state index in [1.807, 2.05) is 13.0 Å². The highest BCUT2D eigenvalue weighted by molar-refractivity contribution is 7.99. The van der Waals surface area contributed by atoms with Crippen LogP contribution in [0.1, 0.15) is 12.5 Å². The summed E-state index contributed by atoms with van der Waals surface area (Å²) < 4.78 is 13.9. The number of halogens is 1. The highest BCUT2D eigenvalue weighted by Gasteiger charge is 2.12. The van der Waals surface area contributed by atoms with Gasteiger partial charge in [-0.15, -0.1) is 0 Å². The minimum absolute atomic E-state index is 0.00647. The van der Waals surface area contributed by atoms with Crippen molar-refractivity contribution in [3.63, 3.8) is 0 Å². The van der Waals surface area contributed by atoms with Crippen LogP contribution in [0.5, 0.6) is 0 Å². The molecule has 2 N–H and O–H groups in total. The van der Waals surface area contributed by atoms with E-state index in [1.165, 1.54) is 17.8 Å². The van der Waals surface area contributed by atoms with Gasteiger partial charge in [-0.25, -0.2) is 9.37 Å². The van der Waals surface area contributed by atoms with Crippen LogP contribution in [-0.4, -0.2) is 16.0 Å². The molecular formula is C13H14FN3S. The Morgan fingerprint density at radius 2 is 2.22 bits per heavy atom. The number of hydrogen-bond donors (Lipinski definition) is 1. The molecule has 2 aromatic rings. The Balaban J connectivity index is 2.31. The molecule has 0 radical (unpaired) electrons. The molecular weight excluding hydrogens is 249 g/mol. The first-order chi connectivity index (χ1) is 8.66. The first-order valence-electron chi connectivity index (χ1n) is 5.63. The Morgan fingerprint density at radius 3 is 2.89 bits per heavy atom. The molecule has 1 aromatic carbocycles. The minimum atomic E-state index is -0.246. The van der Waals surface area contributed by atoms with Gasteiger partial charge in [0.25, 0.3) is 0 Å². The lowest BCUT2D eigenvalue weighted by molar-refractivity contribution is 0.592. The Morgan fingerprint density at radius 1 is 1.39 bits per heavy atom. The summed E-state index contributed by atoms with van der Waals surface area (Å²) in [5, 5.41) is 0.675. The van der Waals surface area contributed by atoms with Gasteiger partial charge in [-0.3, -0.25) is 4.98 Å². The lowest BCUT2D eigenvalue weighted by Crippen LogP contribution is -2.18. The predicted molar refractivity (Wildman–Crippen MR) is 69.9 cm³/mol. The van der Waals surface area contributed by atoms with Crippen LogP contribution >= 0.6 is 11.8 Å². The van der Waals surface area contributed by atoms with Crippen LogP contribution in [0.2, 0.25) is 0 Å². The van der Waals surface area contributed by atoms with Gasteiger partial charge in [0.1, 0.15) is 10.8 Å². The van der Waals surface area contributed by atoms with Crippen molar-refractivity contribution < 1.29 is 4.39 Å². The van der Waals surface area contributed by atoms with Gasteiger partial charge in [-0.05, 0) is 25.0 Å². The van der Waals surface area contributed by atoms with Crippen molar-refractivity contribution in [3.8, 4) is 0 Å². The minimum Gasteiger partial charge on any atom is -0.328 e. The number of nitrogens with two attached hydrogens (primary N) is 1. The maximum atomic E-state index is 13.9. The molecule has 0 aliphatic carbocycles. The van der Waals surface area contributed by atoms with Crippen LogP contribution in [0, 0.1) is 5.82 Å². The fourth-order valence-electron chi connectivity index (χ4n) is 1.62. The Hall–Kier alpha value is -1.46. The summed E-state index contributed by atoms with van der Waals surface area (Å²) in [4.78, 5) is 8.69. The van der Waals surface area contributed by atoms with Gasteiger partial charge in [-0.1, -0.05) is 23.9 Å². The van der Waals surface area contributed by atoms with Crippen LogP contribution in [0.25, 0.3) is 0 Å². The molecule has 5 heteroatoms. The second-order valence-electron chi connectivity index (χ2n) is 4.06. The largest absolute Gasteiger partial charge is 0.328 e. The molecule has 1 unspecified atom stereocenters. The highest BCUT2D eigenvalue weighted by Crippen LogP contribution is 2.31. The van der Waals surface area contributed by atoms with Crippen molar-refractivity contribution in [2.24, 2.45) is 5.73 Å². The average Bonchev–Trinajstić information content (AvgIpc) is 2.34. The number of benzene rings is 1. The smallest absolute Gasteiger partial charge is 0.137 e. The molecule has 0 saturated heterocycles. The maximum Gasteiger partial charge on any atom is 0.137 e. The third-order valence-electron chi connectivity index (χ3n) is 2.34. The monoisotopic (exact) mass is 263 g/mol. The summed E-state index contributed by atoms with van der Waals surface area (Å²) in [5.41, 5.74) is 6.68. The van der Waals surface area contributed by atoms with Crippen LogP contribution < -0.4 is 5.73 Å². The zero-order valence-electron chi connectivity index (χ0n) is 10.0. The van der Waals surface area contributed by atoms with Gasteiger partial charge in [0.15, 0.2) is 0 Å². The zero-order valence-corrected chi connectivity index (χ0v) is 10.8. The molecule has 1 aromatic heterocycles. The fourth-order valence-corrected chi connectivity index (χ4v) is 2.50. The van der Waals surface area contributed by atoms with Crippen molar-refractivity contribution in [2.45, 2.75) is 29.3 Å². The SMILES string of the molecule is CC(N)Cc1cccc(F)c1Sc1cnccn1. The van der Waals surface area contributed by atoms with Crippen LogP contribution in [0.4, 0.5) is 4.39 Å². The van der Waals surface area contributed by atoms with Gasteiger partial charge in [-0.2, -0.15) is 0 Å². The van der Waals surface area contributed by atoms with Gasteiger partial charge < -0.3 is 5.73 Å². The van der Waals surface area contributed by atoms with Crippen molar-refractivity contribution in [3.05, 3.63) is 48.2 Å². The lowest BCUT2D eigenvalue weighted by Gasteiger charge is -2.11. The van der Waals surface area contributed by atoms with Crippen molar-refractivity contribution in [1.82, 2.24) is 9.97 Å². The van der Waals surface area contributed by atoms with E-state index in [4.69, 9.17) is 5.73 Å². The lowest BCUT2D eigenvalue weighted by atomic mass is 10.1. The van der Waals surface area contributed by atoms with E-state index in [1.54, 1.807) is 24.7 Å².